The van der Waals surface area contributed by atoms with Gasteiger partial charge in [-0.3, -0.25) is 4.79 Å². The average Bonchev–Trinajstić information content (AvgIpc) is 2.85. The molecule has 2 rings (SSSR count). The highest BCUT2D eigenvalue weighted by Gasteiger charge is 2.24. The fourth-order valence-corrected chi connectivity index (χ4v) is 2.90. The molecular formula is C14H20BrN3O. The monoisotopic (exact) mass is 325 g/mol. The van der Waals surface area contributed by atoms with Gasteiger partial charge in [-0.25, -0.2) is 0 Å². The smallest absolute Gasteiger partial charge is 0.220 e. The number of rotatable bonds is 5. The third-order valence-corrected chi connectivity index (χ3v) is 4.03. The summed E-state index contributed by atoms with van der Waals surface area (Å²) in [5.74, 6) is 0.115. The maximum Gasteiger partial charge on any atom is 0.220 e. The Morgan fingerprint density at radius 1 is 1.47 bits per heavy atom. The van der Waals surface area contributed by atoms with Crippen LogP contribution in [0.1, 0.15) is 19.3 Å². The zero-order valence-corrected chi connectivity index (χ0v) is 12.5. The van der Waals surface area contributed by atoms with Gasteiger partial charge in [0.25, 0.3) is 0 Å². The summed E-state index contributed by atoms with van der Waals surface area (Å²) in [5, 5.41) is 3.08. The molecule has 0 aliphatic carbocycles. The summed E-state index contributed by atoms with van der Waals surface area (Å²) in [4.78, 5) is 14.0. The number of anilines is 1. The maximum absolute atomic E-state index is 11.7. The quantitative estimate of drug-likeness (QED) is 0.869. The number of nitrogens with zero attached hydrogens (tertiary/aromatic N) is 1. The molecule has 1 atom stereocenters. The molecule has 5 heteroatoms. The molecule has 1 aliphatic heterocycles. The van der Waals surface area contributed by atoms with Crippen molar-refractivity contribution in [1.82, 2.24) is 5.32 Å². The predicted molar refractivity (Wildman–Crippen MR) is 81.2 cm³/mol. The number of nitrogens with one attached hydrogen (secondary N) is 1. The molecular weight excluding hydrogens is 306 g/mol. The average molecular weight is 326 g/mol. The van der Waals surface area contributed by atoms with Crippen LogP contribution in [0.25, 0.3) is 0 Å². The Bertz CT molecular complexity index is 438. The third kappa shape index (κ3) is 3.94. The molecule has 1 unspecified atom stereocenters. The number of nitrogens with two attached hydrogens (primary N) is 1. The van der Waals surface area contributed by atoms with Gasteiger partial charge in [0.05, 0.1) is 5.69 Å². The zero-order chi connectivity index (χ0) is 13.7. The molecule has 1 aromatic carbocycles. The van der Waals surface area contributed by atoms with Crippen molar-refractivity contribution in [3.05, 3.63) is 28.7 Å². The molecule has 0 radical (unpaired) electrons. The topological polar surface area (TPSA) is 58.4 Å². The zero-order valence-electron chi connectivity index (χ0n) is 10.9. The van der Waals surface area contributed by atoms with E-state index in [2.05, 4.69) is 32.2 Å². The number of halogens is 1. The van der Waals surface area contributed by atoms with Gasteiger partial charge in [0.2, 0.25) is 5.91 Å². The van der Waals surface area contributed by atoms with Crippen LogP contribution in [0.3, 0.4) is 0 Å². The van der Waals surface area contributed by atoms with Gasteiger partial charge in [0.15, 0.2) is 0 Å². The molecule has 1 saturated heterocycles. The second-order valence-corrected chi connectivity index (χ2v) is 5.70. The highest BCUT2D eigenvalue weighted by Crippen LogP contribution is 2.28. The molecule has 1 heterocycles. The van der Waals surface area contributed by atoms with Gasteiger partial charge in [0.1, 0.15) is 0 Å². The number of hydrogen-bond donors (Lipinski definition) is 2. The van der Waals surface area contributed by atoms with Crippen LogP contribution >= 0.6 is 15.9 Å². The van der Waals surface area contributed by atoms with Crippen molar-refractivity contribution >= 4 is 27.5 Å². The molecule has 1 fully saturated rings. The van der Waals surface area contributed by atoms with E-state index in [0.717, 1.165) is 30.4 Å². The third-order valence-electron chi connectivity index (χ3n) is 3.35. The van der Waals surface area contributed by atoms with Crippen LogP contribution in [0.5, 0.6) is 0 Å². The van der Waals surface area contributed by atoms with Gasteiger partial charge in [-0.2, -0.15) is 0 Å². The summed E-state index contributed by atoms with van der Waals surface area (Å²) in [5.41, 5.74) is 6.60. The number of hydrogen-bond acceptors (Lipinski definition) is 3. The summed E-state index contributed by atoms with van der Waals surface area (Å²) in [6.45, 7) is 2.42. The highest BCUT2D eigenvalue weighted by molar-refractivity contribution is 9.10. The second-order valence-electron chi connectivity index (χ2n) is 4.84. The number of carbonyl (C=O) groups is 1. The lowest BCUT2D eigenvalue weighted by Gasteiger charge is -2.20. The Hall–Kier alpha value is -1.07. The van der Waals surface area contributed by atoms with Crippen molar-refractivity contribution < 1.29 is 4.79 Å². The van der Waals surface area contributed by atoms with E-state index in [4.69, 9.17) is 5.73 Å². The van der Waals surface area contributed by atoms with Crippen LogP contribution in [-0.4, -0.2) is 31.6 Å². The Balaban J connectivity index is 1.86. The van der Waals surface area contributed by atoms with Crippen LogP contribution in [0.4, 0.5) is 5.69 Å². The summed E-state index contributed by atoms with van der Waals surface area (Å²) < 4.78 is 1.10. The van der Waals surface area contributed by atoms with E-state index in [0.29, 0.717) is 13.0 Å². The number of amides is 1. The van der Waals surface area contributed by atoms with Crippen LogP contribution in [0.15, 0.2) is 28.7 Å². The Kier molecular flexibility index (Phi) is 5.22. The Labute approximate surface area is 122 Å². The molecule has 0 bridgehead atoms. The molecule has 0 spiro atoms. The fourth-order valence-electron chi connectivity index (χ4n) is 2.37. The fraction of sp³-hybridized carbons (Fsp3) is 0.500. The predicted octanol–water partition coefficient (Wildman–Crippen LogP) is 1.88. The van der Waals surface area contributed by atoms with Gasteiger partial charge in [0, 0.05) is 30.0 Å². The number of carbonyl (C=O) groups excluding carboxylic acids is 1. The molecule has 1 amide bonds. The highest BCUT2D eigenvalue weighted by atomic mass is 79.9. The van der Waals surface area contributed by atoms with Crippen LogP contribution in [0, 0.1) is 0 Å². The first kappa shape index (κ1) is 14.3. The Morgan fingerprint density at radius 3 is 3.00 bits per heavy atom. The van der Waals surface area contributed by atoms with Crippen molar-refractivity contribution in [2.75, 3.05) is 24.5 Å². The van der Waals surface area contributed by atoms with E-state index in [9.17, 15) is 4.79 Å². The van der Waals surface area contributed by atoms with Crippen molar-refractivity contribution in [2.45, 2.75) is 25.3 Å². The number of para-hydroxylation sites is 1. The lowest BCUT2D eigenvalue weighted by Crippen LogP contribution is -2.37. The van der Waals surface area contributed by atoms with E-state index in [1.165, 1.54) is 5.69 Å². The number of benzene rings is 1. The summed E-state index contributed by atoms with van der Waals surface area (Å²) in [6, 6.07) is 8.44. The van der Waals surface area contributed by atoms with E-state index < -0.39 is 0 Å². The van der Waals surface area contributed by atoms with Crippen molar-refractivity contribution in [1.29, 1.82) is 0 Å². The minimum atomic E-state index is 0.115. The minimum absolute atomic E-state index is 0.115. The van der Waals surface area contributed by atoms with Crippen molar-refractivity contribution in [2.24, 2.45) is 5.73 Å². The van der Waals surface area contributed by atoms with Crippen LogP contribution < -0.4 is 16.0 Å². The van der Waals surface area contributed by atoms with Gasteiger partial charge in [-0.05, 0) is 47.4 Å². The van der Waals surface area contributed by atoms with E-state index in [1.54, 1.807) is 0 Å². The molecule has 4 nitrogen and oxygen atoms in total. The van der Waals surface area contributed by atoms with Gasteiger partial charge in [-0.1, -0.05) is 12.1 Å². The normalized spacial score (nSPS) is 18.6. The van der Waals surface area contributed by atoms with E-state index in [1.807, 2.05) is 18.2 Å². The molecule has 0 saturated carbocycles. The molecule has 1 aromatic rings. The van der Waals surface area contributed by atoms with E-state index in [-0.39, 0.29) is 11.9 Å². The minimum Gasteiger partial charge on any atom is -0.368 e. The summed E-state index contributed by atoms with van der Waals surface area (Å²) in [6.07, 6.45) is 2.28. The SMILES string of the molecule is NCCCC(=O)NC1CCN(c2ccccc2Br)C1. The second kappa shape index (κ2) is 6.91. The molecule has 0 aromatic heterocycles. The maximum atomic E-state index is 11.7. The molecule has 19 heavy (non-hydrogen) atoms. The van der Waals surface area contributed by atoms with Crippen molar-refractivity contribution in [3.63, 3.8) is 0 Å². The first-order valence-corrected chi connectivity index (χ1v) is 7.49. The van der Waals surface area contributed by atoms with Gasteiger partial charge >= 0.3 is 0 Å². The first-order valence-electron chi connectivity index (χ1n) is 6.69. The van der Waals surface area contributed by atoms with Gasteiger partial charge in [-0.15, -0.1) is 0 Å². The summed E-state index contributed by atoms with van der Waals surface area (Å²) >= 11 is 3.57. The lowest BCUT2D eigenvalue weighted by atomic mass is 10.2. The van der Waals surface area contributed by atoms with Crippen LogP contribution in [-0.2, 0) is 4.79 Å². The largest absolute Gasteiger partial charge is 0.368 e. The Morgan fingerprint density at radius 2 is 2.26 bits per heavy atom. The van der Waals surface area contributed by atoms with Crippen molar-refractivity contribution in [3.8, 4) is 0 Å². The summed E-state index contributed by atoms with van der Waals surface area (Å²) in [7, 11) is 0. The molecule has 104 valence electrons. The lowest BCUT2D eigenvalue weighted by molar-refractivity contribution is -0.121. The van der Waals surface area contributed by atoms with Crippen LogP contribution in [0.2, 0.25) is 0 Å². The standard InChI is InChI=1S/C14H20BrN3O/c15-12-4-1-2-5-13(12)18-9-7-11(10-18)17-14(19)6-3-8-16/h1-2,4-5,11H,3,6-10,16H2,(H,17,19). The van der Waals surface area contributed by atoms with E-state index >= 15 is 0 Å². The molecule has 3 N–H and O–H groups in total. The molecule has 1 aliphatic rings. The van der Waals surface area contributed by atoms with Gasteiger partial charge < -0.3 is 16.0 Å². The first-order chi connectivity index (χ1) is 9.20.